The molecule has 1 fully saturated rings. The maximum atomic E-state index is 11.7. The summed E-state index contributed by atoms with van der Waals surface area (Å²) in [7, 11) is 0. The van der Waals surface area contributed by atoms with Crippen molar-refractivity contribution in [1.29, 1.82) is 0 Å². The van der Waals surface area contributed by atoms with Gasteiger partial charge >= 0.3 is 5.69 Å². The number of nitrogens with zero attached hydrogens (tertiary/aromatic N) is 4. The summed E-state index contributed by atoms with van der Waals surface area (Å²) in [6, 6.07) is 0.274. The highest BCUT2D eigenvalue weighted by Crippen LogP contribution is 2.38. The lowest BCUT2D eigenvalue weighted by Crippen LogP contribution is -2.16. The highest BCUT2D eigenvalue weighted by Gasteiger charge is 2.29. The first-order valence-corrected chi connectivity index (χ1v) is 7.11. The maximum absolute atomic E-state index is 11.7. The summed E-state index contributed by atoms with van der Waals surface area (Å²) < 4.78 is 1.69. The molecule has 3 rings (SSSR count). The normalized spacial score (nSPS) is 14.9. The van der Waals surface area contributed by atoms with E-state index in [-0.39, 0.29) is 11.7 Å². The summed E-state index contributed by atoms with van der Waals surface area (Å²) in [5.74, 6) is 0. The van der Waals surface area contributed by atoms with Gasteiger partial charge in [0.05, 0.1) is 0 Å². The summed E-state index contributed by atoms with van der Waals surface area (Å²) in [5.41, 5.74) is 1.69. The Morgan fingerprint density at radius 1 is 1.32 bits per heavy atom. The first kappa shape index (κ1) is 12.7. The molecule has 1 aliphatic rings. The van der Waals surface area contributed by atoms with E-state index in [0.717, 1.165) is 29.0 Å². The maximum Gasteiger partial charge on any atom is 0.344 e. The van der Waals surface area contributed by atoms with E-state index in [2.05, 4.69) is 20.4 Å². The zero-order valence-electron chi connectivity index (χ0n) is 10.5. The number of halogens is 1. The number of aromatic nitrogens is 5. The van der Waals surface area contributed by atoms with Crippen molar-refractivity contribution in [2.24, 2.45) is 0 Å². The van der Waals surface area contributed by atoms with Gasteiger partial charge in [0.2, 0.25) is 0 Å². The zero-order valence-corrected chi connectivity index (χ0v) is 12.0. The van der Waals surface area contributed by atoms with Gasteiger partial charge < -0.3 is 0 Å². The van der Waals surface area contributed by atoms with E-state index in [0.29, 0.717) is 10.3 Å². The van der Waals surface area contributed by atoms with Gasteiger partial charge in [-0.3, -0.25) is 4.57 Å². The van der Waals surface area contributed by atoms with Crippen LogP contribution in [-0.4, -0.2) is 25.0 Å². The van der Waals surface area contributed by atoms with Crippen LogP contribution in [0, 0.1) is 13.8 Å². The topological polar surface area (TPSA) is 76.5 Å². The van der Waals surface area contributed by atoms with Crippen LogP contribution < -0.4 is 5.69 Å². The Morgan fingerprint density at radius 3 is 2.74 bits per heavy atom. The highest BCUT2D eigenvalue weighted by atomic mass is 35.5. The van der Waals surface area contributed by atoms with Crippen molar-refractivity contribution in [2.45, 2.75) is 42.9 Å². The molecule has 0 aliphatic heterocycles. The van der Waals surface area contributed by atoms with Gasteiger partial charge in [-0.1, -0.05) is 11.6 Å². The fourth-order valence-electron chi connectivity index (χ4n) is 1.75. The van der Waals surface area contributed by atoms with Crippen molar-refractivity contribution in [3.05, 3.63) is 26.8 Å². The van der Waals surface area contributed by atoms with Crippen LogP contribution in [0.25, 0.3) is 0 Å². The fourth-order valence-corrected chi connectivity index (χ4v) is 2.92. The van der Waals surface area contributed by atoms with Gasteiger partial charge in [-0.15, -0.1) is 15.3 Å². The third kappa shape index (κ3) is 2.28. The number of aromatic amines is 1. The molecule has 8 heteroatoms. The first-order valence-electron chi connectivity index (χ1n) is 5.92. The number of nitrogens with one attached hydrogen (secondary N) is 1. The predicted molar refractivity (Wildman–Crippen MR) is 71.8 cm³/mol. The molecule has 0 radical (unpaired) electrons. The molecular formula is C11H12ClN5OS. The second-order valence-electron chi connectivity index (χ2n) is 4.56. The summed E-state index contributed by atoms with van der Waals surface area (Å²) >= 11 is 7.27. The molecule has 100 valence electrons. The Hall–Kier alpha value is -1.34. The summed E-state index contributed by atoms with van der Waals surface area (Å²) in [6.07, 6.45) is 2.05. The molecule has 2 aromatic rings. The predicted octanol–water partition coefficient (Wildman–Crippen LogP) is 2.12. The molecule has 0 atom stereocenters. The van der Waals surface area contributed by atoms with Gasteiger partial charge in [0.1, 0.15) is 5.03 Å². The molecule has 2 heterocycles. The SMILES string of the molecule is Cc1c(Cl)nnc(Sc2n[nH]c(=O)n2C2CC2)c1C. The Balaban J connectivity index is 1.98. The summed E-state index contributed by atoms with van der Waals surface area (Å²) in [4.78, 5) is 11.7. The van der Waals surface area contributed by atoms with E-state index >= 15 is 0 Å². The number of hydrogen-bond donors (Lipinski definition) is 1. The minimum atomic E-state index is -0.165. The molecule has 6 nitrogen and oxygen atoms in total. The van der Waals surface area contributed by atoms with Crippen LogP contribution >= 0.6 is 23.4 Å². The van der Waals surface area contributed by atoms with Crippen molar-refractivity contribution >= 4 is 23.4 Å². The quantitative estimate of drug-likeness (QED) is 0.939. The minimum Gasteiger partial charge on any atom is -0.267 e. The number of rotatable bonds is 3. The molecule has 0 saturated heterocycles. The van der Waals surface area contributed by atoms with Crippen molar-refractivity contribution in [3.8, 4) is 0 Å². The van der Waals surface area contributed by atoms with Crippen LogP contribution in [0.15, 0.2) is 15.0 Å². The van der Waals surface area contributed by atoms with Crippen LogP contribution in [0.1, 0.15) is 30.0 Å². The van der Waals surface area contributed by atoms with Crippen molar-refractivity contribution in [1.82, 2.24) is 25.0 Å². The van der Waals surface area contributed by atoms with Crippen LogP contribution in [0.3, 0.4) is 0 Å². The lowest BCUT2D eigenvalue weighted by Gasteiger charge is -2.07. The van der Waals surface area contributed by atoms with Crippen molar-refractivity contribution in [2.75, 3.05) is 0 Å². The van der Waals surface area contributed by atoms with Crippen molar-refractivity contribution in [3.63, 3.8) is 0 Å². The second-order valence-corrected chi connectivity index (χ2v) is 5.87. The van der Waals surface area contributed by atoms with E-state index in [1.54, 1.807) is 4.57 Å². The van der Waals surface area contributed by atoms with Crippen LogP contribution in [0.2, 0.25) is 5.15 Å². The zero-order chi connectivity index (χ0) is 13.6. The number of H-pyrrole nitrogens is 1. The standard InChI is InChI=1S/C11H12ClN5OS/c1-5-6(2)9(14-13-8(5)12)19-11-16-15-10(18)17(11)7-3-4-7/h7H,3-4H2,1-2H3,(H,15,18). The molecule has 1 saturated carbocycles. The van der Waals surface area contributed by atoms with E-state index < -0.39 is 0 Å². The van der Waals surface area contributed by atoms with E-state index in [9.17, 15) is 4.79 Å². The highest BCUT2D eigenvalue weighted by molar-refractivity contribution is 7.99. The summed E-state index contributed by atoms with van der Waals surface area (Å²) in [6.45, 7) is 3.83. The van der Waals surface area contributed by atoms with Crippen LogP contribution in [0.4, 0.5) is 0 Å². The lowest BCUT2D eigenvalue weighted by molar-refractivity contribution is 0.641. The largest absolute Gasteiger partial charge is 0.344 e. The first-order chi connectivity index (χ1) is 9.08. The van der Waals surface area contributed by atoms with E-state index in [1.165, 1.54) is 11.8 Å². The Labute approximate surface area is 118 Å². The van der Waals surface area contributed by atoms with Gasteiger partial charge in [-0.2, -0.15) is 0 Å². The van der Waals surface area contributed by atoms with E-state index in [4.69, 9.17) is 11.6 Å². The van der Waals surface area contributed by atoms with Gasteiger partial charge in [0, 0.05) is 6.04 Å². The minimum absolute atomic E-state index is 0.165. The van der Waals surface area contributed by atoms with Crippen LogP contribution in [-0.2, 0) is 0 Å². The average molecular weight is 298 g/mol. The number of hydrogen-bond acceptors (Lipinski definition) is 5. The van der Waals surface area contributed by atoms with Crippen molar-refractivity contribution < 1.29 is 0 Å². The fraction of sp³-hybridized carbons (Fsp3) is 0.455. The lowest BCUT2D eigenvalue weighted by atomic mass is 10.2. The van der Waals surface area contributed by atoms with Gasteiger partial charge in [-0.25, -0.2) is 9.89 Å². The van der Waals surface area contributed by atoms with Gasteiger partial charge in [0.25, 0.3) is 0 Å². The molecule has 0 bridgehead atoms. The molecule has 2 aromatic heterocycles. The monoisotopic (exact) mass is 297 g/mol. The molecule has 0 amide bonds. The van der Waals surface area contributed by atoms with Gasteiger partial charge in [-0.05, 0) is 49.6 Å². The summed E-state index contributed by atoms with van der Waals surface area (Å²) in [5, 5.41) is 16.3. The molecular weight excluding hydrogens is 286 g/mol. The molecule has 1 aliphatic carbocycles. The average Bonchev–Trinajstić information content (AvgIpc) is 3.15. The smallest absolute Gasteiger partial charge is 0.267 e. The van der Waals surface area contributed by atoms with E-state index in [1.807, 2.05) is 13.8 Å². The molecule has 0 unspecified atom stereocenters. The van der Waals surface area contributed by atoms with Crippen LogP contribution in [0.5, 0.6) is 0 Å². The third-order valence-corrected chi connectivity index (χ3v) is 4.60. The molecule has 0 spiro atoms. The molecule has 0 aromatic carbocycles. The Morgan fingerprint density at radius 2 is 2.05 bits per heavy atom. The Bertz CT molecular complexity index is 691. The molecule has 1 N–H and O–H groups in total. The van der Waals surface area contributed by atoms with Gasteiger partial charge in [0.15, 0.2) is 10.3 Å². The Kier molecular flexibility index (Phi) is 3.10. The molecule has 19 heavy (non-hydrogen) atoms. The third-order valence-electron chi connectivity index (χ3n) is 3.19. The second kappa shape index (κ2) is 4.64.